The van der Waals surface area contributed by atoms with E-state index in [9.17, 15) is 36.2 Å². The first-order valence-corrected chi connectivity index (χ1v) is 11.5. The molecule has 2 radical (unpaired) electrons. The zero-order chi connectivity index (χ0) is 23.0. The molecular weight excluding hydrogens is 496 g/mol. The van der Waals surface area contributed by atoms with Crippen LogP contribution in [0, 0.1) is 0 Å². The number of nitrogens with zero attached hydrogens (tertiary/aromatic N) is 2. The van der Waals surface area contributed by atoms with Crippen LogP contribution in [0.15, 0.2) is 62.5 Å². The van der Waals surface area contributed by atoms with Crippen LogP contribution in [0.1, 0.15) is 6.92 Å². The molecule has 0 aliphatic heterocycles. The van der Waals surface area contributed by atoms with Crippen molar-refractivity contribution in [3.05, 3.63) is 42.5 Å². The van der Waals surface area contributed by atoms with E-state index in [2.05, 4.69) is 15.5 Å². The Morgan fingerprint density at radius 3 is 2.00 bits per heavy atom. The Morgan fingerprint density at radius 2 is 1.48 bits per heavy atom. The zero-order valence-electron chi connectivity index (χ0n) is 17.9. The number of phenols is 2. The minimum Gasteiger partial charge on any atom is -0.507 e. The van der Waals surface area contributed by atoms with Crippen molar-refractivity contribution in [3.8, 4) is 11.5 Å². The number of fused-ring (bicyclic) bond motifs is 1. The van der Waals surface area contributed by atoms with E-state index in [1.165, 1.54) is 0 Å². The first-order valence-electron chi connectivity index (χ1n) is 8.65. The van der Waals surface area contributed by atoms with Gasteiger partial charge in [0.15, 0.2) is 5.75 Å². The summed E-state index contributed by atoms with van der Waals surface area (Å²) in [6.45, 7) is 2.62. The molecule has 0 fully saturated rings. The van der Waals surface area contributed by atoms with Gasteiger partial charge >= 0.3 is 0 Å². The fraction of sp³-hybridized carbons (Fsp3) is 0.111. The molecule has 15 heteroatoms. The van der Waals surface area contributed by atoms with Crippen molar-refractivity contribution in [2.75, 3.05) is 11.9 Å². The van der Waals surface area contributed by atoms with Gasteiger partial charge in [-0.2, -0.15) is 21.9 Å². The maximum Gasteiger partial charge on any atom is 0.296 e. The topological polar surface area (TPSA) is 186 Å². The molecule has 0 aromatic heterocycles. The van der Waals surface area contributed by atoms with Crippen molar-refractivity contribution in [2.45, 2.75) is 16.7 Å². The van der Waals surface area contributed by atoms with Crippen LogP contribution in [0.5, 0.6) is 11.5 Å². The monoisotopic (exact) mass is 513 g/mol. The van der Waals surface area contributed by atoms with Gasteiger partial charge in [-0.25, -0.2) is 0 Å². The molecule has 0 heterocycles. The summed E-state index contributed by atoms with van der Waals surface area (Å²) in [5.41, 5.74) is 0.447. The van der Waals surface area contributed by atoms with Crippen LogP contribution >= 0.6 is 0 Å². The molecule has 0 bridgehead atoms. The van der Waals surface area contributed by atoms with Gasteiger partial charge in [0.1, 0.15) is 16.3 Å². The van der Waals surface area contributed by atoms with E-state index < -0.39 is 47.2 Å². The number of aromatic hydroxyl groups is 2. The zero-order valence-corrected chi connectivity index (χ0v) is 23.5. The Kier molecular flexibility index (Phi) is 10.3. The fourth-order valence-corrected chi connectivity index (χ4v) is 4.03. The van der Waals surface area contributed by atoms with E-state index in [4.69, 9.17) is 0 Å². The van der Waals surface area contributed by atoms with Crippen LogP contribution in [0.2, 0.25) is 0 Å². The minimum atomic E-state index is -4.94. The summed E-state index contributed by atoms with van der Waals surface area (Å²) in [4.78, 5) is -1.62. The molecule has 5 N–H and O–H groups in total. The van der Waals surface area contributed by atoms with Crippen molar-refractivity contribution in [2.24, 2.45) is 10.2 Å². The van der Waals surface area contributed by atoms with Crippen molar-refractivity contribution in [1.29, 1.82) is 0 Å². The SMILES string of the molecule is CCNc1ccc(N=Nc2c(S(=O)(=O)O)cc3cc(S(=O)(=O)O)cc(O)c3c2O)cc1.[Na].[Na]. The quantitative estimate of drug-likeness (QED) is 0.188. The van der Waals surface area contributed by atoms with Crippen molar-refractivity contribution < 1.29 is 36.2 Å². The predicted octanol–water partition coefficient (Wildman–Crippen LogP) is 2.83. The molecule has 166 valence electrons. The molecule has 3 aromatic carbocycles. The van der Waals surface area contributed by atoms with Crippen LogP contribution in [0.3, 0.4) is 0 Å². The third kappa shape index (κ3) is 6.88. The van der Waals surface area contributed by atoms with Gasteiger partial charge in [-0.3, -0.25) is 9.11 Å². The number of benzene rings is 3. The van der Waals surface area contributed by atoms with Crippen molar-refractivity contribution in [1.82, 2.24) is 0 Å². The third-order valence-corrected chi connectivity index (χ3v) is 5.89. The number of phenolic OH excluding ortho intramolecular Hbond substituents is 2. The maximum atomic E-state index is 11.8. The van der Waals surface area contributed by atoms with Gasteiger partial charge in [0.05, 0.1) is 16.0 Å². The molecular formula is C18H17N3Na2O8S2. The first-order chi connectivity index (χ1) is 14.4. The van der Waals surface area contributed by atoms with E-state index in [1.54, 1.807) is 24.3 Å². The summed E-state index contributed by atoms with van der Waals surface area (Å²) in [5, 5.41) is 30.7. The molecule has 0 atom stereocenters. The maximum absolute atomic E-state index is 11.8. The summed E-state index contributed by atoms with van der Waals surface area (Å²) in [5.74, 6) is -1.63. The Morgan fingerprint density at radius 1 is 0.879 bits per heavy atom. The van der Waals surface area contributed by atoms with Gasteiger partial charge < -0.3 is 15.5 Å². The summed E-state index contributed by atoms with van der Waals surface area (Å²) < 4.78 is 65.2. The van der Waals surface area contributed by atoms with Crippen LogP contribution in [-0.4, -0.2) is 102 Å². The Bertz CT molecular complexity index is 1410. The second kappa shape index (κ2) is 11.4. The summed E-state index contributed by atoms with van der Waals surface area (Å²) >= 11 is 0. The van der Waals surface area contributed by atoms with Crippen molar-refractivity contribution >= 4 is 107 Å². The summed E-state index contributed by atoms with van der Waals surface area (Å²) in [6, 6.07) is 8.82. The van der Waals surface area contributed by atoms with Gasteiger partial charge in [0, 0.05) is 77.4 Å². The smallest absolute Gasteiger partial charge is 0.296 e. The first kappa shape index (κ1) is 29.8. The number of rotatable bonds is 6. The molecule has 0 saturated heterocycles. The number of hydrogen-bond acceptors (Lipinski definition) is 9. The fourth-order valence-electron chi connectivity index (χ4n) is 2.84. The predicted molar refractivity (Wildman–Crippen MR) is 123 cm³/mol. The number of anilines is 1. The van der Waals surface area contributed by atoms with Crippen LogP contribution < -0.4 is 5.32 Å². The number of nitrogens with one attached hydrogen (secondary N) is 1. The average Bonchev–Trinajstić information content (AvgIpc) is 2.66. The normalized spacial score (nSPS) is 11.7. The molecule has 33 heavy (non-hydrogen) atoms. The van der Waals surface area contributed by atoms with Gasteiger partial charge in [-0.05, 0) is 48.7 Å². The molecule has 3 aromatic rings. The second-order valence-electron chi connectivity index (χ2n) is 6.34. The van der Waals surface area contributed by atoms with E-state index in [0.717, 1.165) is 17.8 Å². The Balaban J connectivity index is 0.00000272. The molecule has 11 nitrogen and oxygen atoms in total. The largest absolute Gasteiger partial charge is 0.507 e. The van der Waals surface area contributed by atoms with Crippen LogP contribution in [-0.2, 0) is 20.2 Å². The standard InChI is InChI=1S/C18H17N3O8S2.2Na/c1-2-19-11-3-5-12(6-4-11)20-21-17-15(31(27,28)29)8-10-7-13(30(24,25)26)9-14(22)16(10)18(17)23;;/h3-9,19,22-23H,2H2,1H3,(H,24,25,26)(H,27,28,29);;. The Labute approximate surface area is 234 Å². The minimum absolute atomic E-state index is 0. The van der Waals surface area contributed by atoms with E-state index in [0.29, 0.717) is 18.3 Å². The van der Waals surface area contributed by atoms with Crippen LogP contribution in [0.4, 0.5) is 17.1 Å². The number of azo groups is 1. The molecule has 3 rings (SSSR count). The summed E-state index contributed by atoms with van der Waals surface area (Å²) in [6.07, 6.45) is 0. The molecule has 0 spiro atoms. The molecule has 0 amide bonds. The third-order valence-electron chi connectivity index (χ3n) is 4.19. The van der Waals surface area contributed by atoms with E-state index in [-0.39, 0.29) is 69.9 Å². The van der Waals surface area contributed by atoms with Gasteiger partial charge in [-0.1, -0.05) is 0 Å². The molecule has 0 unspecified atom stereocenters. The molecule has 0 saturated carbocycles. The average molecular weight is 513 g/mol. The van der Waals surface area contributed by atoms with Gasteiger partial charge in [0.25, 0.3) is 20.2 Å². The van der Waals surface area contributed by atoms with Crippen LogP contribution in [0.25, 0.3) is 10.8 Å². The molecule has 0 aliphatic rings. The molecule has 0 aliphatic carbocycles. The second-order valence-corrected chi connectivity index (χ2v) is 9.15. The van der Waals surface area contributed by atoms with Gasteiger partial charge in [0.2, 0.25) is 0 Å². The van der Waals surface area contributed by atoms with E-state index >= 15 is 0 Å². The van der Waals surface area contributed by atoms with Crippen molar-refractivity contribution in [3.63, 3.8) is 0 Å². The Hall–Kier alpha value is -1.26. The summed E-state index contributed by atoms with van der Waals surface area (Å²) in [7, 11) is -9.69. The van der Waals surface area contributed by atoms with E-state index in [1.807, 2.05) is 6.92 Å². The number of hydrogen-bond donors (Lipinski definition) is 5. The van der Waals surface area contributed by atoms with Gasteiger partial charge in [-0.15, -0.1) is 5.11 Å².